The maximum absolute atomic E-state index is 9.59. The van der Waals surface area contributed by atoms with Gasteiger partial charge in [0.05, 0.1) is 6.42 Å². The number of thiol groups is 1. The lowest BCUT2D eigenvalue weighted by Gasteiger charge is -1.79. The number of rotatable bonds is 3. The Kier molecular flexibility index (Phi) is 10.9. The Labute approximate surface area is 71.2 Å². The molecular formula is C6H13NO3S. The minimum absolute atomic E-state index is 0.156. The summed E-state index contributed by atoms with van der Waals surface area (Å²) in [6, 6.07) is 0. The normalized spacial score (nSPS) is 7.82. The molecule has 0 rings (SSSR count). The molecule has 66 valence electrons. The van der Waals surface area contributed by atoms with Crippen LogP contribution in [0.15, 0.2) is 0 Å². The van der Waals surface area contributed by atoms with Crippen molar-refractivity contribution >= 4 is 24.5 Å². The molecule has 11 heavy (non-hydrogen) atoms. The van der Waals surface area contributed by atoms with E-state index in [2.05, 4.69) is 18.4 Å². The Bertz CT molecular complexity index is 127. The molecule has 0 aromatic heterocycles. The van der Waals surface area contributed by atoms with E-state index < -0.39 is 5.97 Å². The van der Waals surface area contributed by atoms with Crippen molar-refractivity contribution in [1.29, 1.82) is 0 Å². The number of aliphatic carboxylic acids is 1. The SMILES string of the molecule is CCC(N)=O.O=C(O)CCS. The number of amides is 1. The number of primary amides is 1. The number of carboxylic acid groups (broad SMARTS) is 1. The van der Waals surface area contributed by atoms with Crippen LogP contribution in [-0.2, 0) is 9.59 Å². The molecule has 0 aromatic rings. The van der Waals surface area contributed by atoms with Crippen LogP contribution in [0.4, 0.5) is 0 Å². The third-order valence-corrected chi connectivity index (χ3v) is 0.898. The van der Waals surface area contributed by atoms with Crippen molar-refractivity contribution in [3.63, 3.8) is 0 Å². The molecule has 0 saturated heterocycles. The van der Waals surface area contributed by atoms with Gasteiger partial charge in [-0.3, -0.25) is 9.59 Å². The first-order chi connectivity index (χ1) is 5.04. The Morgan fingerprint density at radius 2 is 1.91 bits per heavy atom. The molecular weight excluding hydrogens is 166 g/mol. The van der Waals surface area contributed by atoms with Gasteiger partial charge in [0.25, 0.3) is 0 Å². The Hall–Kier alpha value is -0.710. The van der Waals surface area contributed by atoms with Gasteiger partial charge in [0.1, 0.15) is 0 Å². The standard InChI is InChI=1S/C3H7NO.C3H6O2S/c1-2-3(4)5;4-3(5)1-2-6/h2H2,1H3,(H2,4,5);6H,1-2H2,(H,4,5). The van der Waals surface area contributed by atoms with Crippen LogP contribution in [0.2, 0.25) is 0 Å². The summed E-state index contributed by atoms with van der Waals surface area (Å²) in [5, 5.41) is 7.86. The summed E-state index contributed by atoms with van der Waals surface area (Å²) in [5.74, 6) is -0.606. The zero-order chi connectivity index (χ0) is 9.28. The highest BCUT2D eigenvalue weighted by Gasteiger charge is 1.88. The molecule has 0 saturated carbocycles. The topological polar surface area (TPSA) is 80.4 Å². The van der Waals surface area contributed by atoms with E-state index in [9.17, 15) is 9.59 Å². The molecule has 5 heteroatoms. The van der Waals surface area contributed by atoms with E-state index in [1.807, 2.05) is 0 Å². The molecule has 0 aliphatic carbocycles. The molecule has 1 amide bonds. The van der Waals surface area contributed by atoms with Crippen molar-refractivity contribution < 1.29 is 14.7 Å². The maximum atomic E-state index is 9.59. The molecule has 3 N–H and O–H groups in total. The van der Waals surface area contributed by atoms with Crippen LogP contribution in [0.1, 0.15) is 19.8 Å². The smallest absolute Gasteiger partial charge is 0.304 e. The zero-order valence-corrected chi connectivity index (χ0v) is 7.30. The van der Waals surface area contributed by atoms with Crippen LogP contribution < -0.4 is 5.73 Å². The molecule has 4 nitrogen and oxygen atoms in total. The van der Waals surface area contributed by atoms with Gasteiger partial charge in [0, 0.05) is 12.2 Å². The second kappa shape index (κ2) is 9.29. The largest absolute Gasteiger partial charge is 0.481 e. The molecule has 0 atom stereocenters. The van der Waals surface area contributed by atoms with Gasteiger partial charge in [-0.05, 0) is 0 Å². The summed E-state index contributed by atoms with van der Waals surface area (Å²) in [6.07, 6.45) is 0.600. The second-order valence-corrected chi connectivity index (χ2v) is 2.13. The zero-order valence-electron chi connectivity index (χ0n) is 6.41. The molecule has 0 fully saturated rings. The van der Waals surface area contributed by atoms with Crippen LogP contribution in [0.3, 0.4) is 0 Å². The van der Waals surface area contributed by atoms with Crippen LogP contribution in [0.5, 0.6) is 0 Å². The minimum Gasteiger partial charge on any atom is -0.481 e. The van der Waals surface area contributed by atoms with Crippen LogP contribution in [-0.4, -0.2) is 22.7 Å². The lowest BCUT2D eigenvalue weighted by atomic mass is 10.5. The molecule has 0 aliphatic rings. The average molecular weight is 179 g/mol. The van der Waals surface area contributed by atoms with Crippen LogP contribution in [0.25, 0.3) is 0 Å². The lowest BCUT2D eigenvalue weighted by Crippen LogP contribution is -2.06. The second-order valence-electron chi connectivity index (χ2n) is 1.69. The fourth-order valence-electron chi connectivity index (χ4n) is 0.0956. The number of carbonyl (C=O) groups excluding carboxylic acids is 1. The van der Waals surface area contributed by atoms with Gasteiger partial charge in [-0.2, -0.15) is 12.6 Å². The predicted molar refractivity (Wildman–Crippen MR) is 45.6 cm³/mol. The first-order valence-corrected chi connectivity index (χ1v) is 3.78. The van der Waals surface area contributed by atoms with Crippen molar-refractivity contribution in [2.24, 2.45) is 5.73 Å². The van der Waals surface area contributed by atoms with Crippen LogP contribution in [0, 0.1) is 0 Å². The maximum Gasteiger partial charge on any atom is 0.304 e. The van der Waals surface area contributed by atoms with Gasteiger partial charge in [-0.25, -0.2) is 0 Å². The quantitative estimate of drug-likeness (QED) is 0.544. The molecule has 0 aromatic carbocycles. The van der Waals surface area contributed by atoms with Gasteiger partial charge in [-0.15, -0.1) is 0 Å². The molecule has 0 heterocycles. The fraction of sp³-hybridized carbons (Fsp3) is 0.667. The van der Waals surface area contributed by atoms with Gasteiger partial charge >= 0.3 is 5.97 Å². The summed E-state index contributed by atoms with van der Waals surface area (Å²) in [6.45, 7) is 1.72. The van der Waals surface area contributed by atoms with E-state index in [0.717, 1.165) is 0 Å². The average Bonchev–Trinajstić information content (AvgIpc) is 1.89. The molecule has 0 aliphatic heterocycles. The number of nitrogens with two attached hydrogens (primary N) is 1. The number of carbonyl (C=O) groups is 2. The first kappa shape index (κ1) is 12.9. The van der Waals surface area contributed by atoms with E-state index in [1.54, 1.807) is 6.92 Å². The Balaban J connectivity index is 0. The van der Waals surface area contributed by atoms with Gasteiger partial charge < -0.3 is 10.8 Å². The summed E-state index contributed by atoms with van der Waals surface area (Å²) in [4.78, 5) is 19.1. The van der Waals surface area contributed by atoms with E-state index in [0.29, 0.717) is 12.2 Å². The van der Waals surface area contributed by atoms with E-state index in [1.165, 1.54) is 0 Å². The molecule has 0 unspecified atom stereocenters. The minimum atomic E-state index is -0.787. The third kappa shape index (κ3) is 26.8. The van der Waals surface area contributed by atoms with E-state index in [-0.39, 0.29) is 12.3 Å². The highest BCUT2D eigenvalue weighted by atomic mass is 32.1. The van der Waals surface area contributed by atoms with Crippen molar-refractivity contribution in [3.8, 4) is 0 Å². The summed E-state index contributed by atoms with van der Waals surface area (Å²) in [7, 11) is 0. The van der Waals surface area contributed by atoms with Crippen LogP contribution >= 0.6 is 12.6 Å². The third-order valence-electron chi connectivity index (χ3n) is 0.674. The highest BCUT2D eigenvalue weighted by Crippen LogP contribution is 1.79. The molecule has 0 radical (unpaired) electrons. The lowest BCUT2D eigenvalue weighted by molar-refractivity contribution is -0.136. The van der Waals surface area contributed by atoms with Crippen molar-refractivity contribution in [1.82, 2.24) is 0 Å². The number of hydrogen-bond donors (Lipinski definition) is 3. The highest BCUT2D eigenvalue weighted by molar-refractivity contribution is 7.80. The van der Waals surface area contributed by atoms with Crippen molar-refractivity contribution in [2.45, 2.75) is 19.8 Å². The van der Waals surface area contributed by atoms with Gasteiger partial charge in [0.2, 0.25) is 5.91 Å². The Morgan fingerprint density at radius 1 is 1.55 bits per heavy atom. The first-order valence-electron chi connectivity index (χ1n) is 3.15. The fourth-order valence-corrected chi connectivity index (χ4v) is 0.287. The molecule has 0 bridgehead atoms. The summed E-state index contributed by atoms with van der Waals surface area (Å²) in [5.41, 5.74) is 4.65. The predicted octanol–water partition coefficient (Wildman–Crippen LogP) is 0.273. The van der Waals surface area contributed by atoms with Gasteiger partial charge in [-0.1, -0.05) is 6.92 Å². The number of carboxylic acids is 1. The number of hydrogen-bond acceptors (Lipinski definition) is 3. The summed E-state index contributed by atoms with van der Waals surface area (Å²) >= 11 is 3.68. The van der Waals surface area contributed by atoms with Crippen molar-refractivity contribution in [2.75, 3.05) is 5.75 Å². The van der Waals surface area contributed by atoms with E-state index >= 15 is 0 Å². The van der Waals surface area contributed by atoms with Gasteiger partial charge in [0.15, 0.2) is 0 Å². The molecule has 0 spiro atoms. The Morgan fingerprint density at radius 3 is 1.91 bits per heavy atom. The van der Waals surface area contributed by atoms with E-state index in [4.69, 9.17) is 5.11 Å². The van der Waals surface area contributed by atoms with Crippen molar-refractivity contribution in [3.05, 3.63) is 0 Å². The summed E-state index contributed by atoms with van der Waals surface area (Å²) < 4.78 is 0. The monoisotopic (exact) mass is 179 g/mol.